The second kappa shape index (κ2) is 5.61. The second-order valence-electron chi connectivity index (χ2n) is 4.02. The molecule has 6 nitrogen and oxygen atoms in total. The molecule has 2 rings (SSSR count). The molecule has 9 heteroatoms. The number of ether oxygens (including phenoxy) is 1. The van der Waals surface area contributed by atoms with Crippen molar-refractivity contribution in [3.8, 4) is 11.5 Å². The lowest BCUT2D eigenvalue weighted by Gasteiger charge is -2.10. The summed E-state index contributed by atoms with van der Waals surface area (Å²) >= 11 is 0. The van der Waals surface area contributed by atoms with Crippen LogP contribution in [0.3, 0.4) is 0 Å². The molecule has 2 N–H and O–H groups in total. The van der Waals surface area contributed by atoms with Gasteiger partial charge in [-0.05, 0) is 18.2 Å². The fourth-order valence-electron chi connectivity index (χ4n) is 1.61. The third kappa shape index (κ3) is 2.62. The molecule has 112 valence electrons. The van der Waals surface area contributed by atoms with Gasteiger partial charge in [-0.1, -0.05) is 0 Å². The van der Waals surface area contributed by atoms with E-state index in [1.165, 1.54) is 0 Å². The molecule has 0 atom stereocenters. The van der Waals surface area contributed by atoms with Crippen LogP contribution in [0.1, 0.15) is 0 Å². The maximum absolute atomic E-state index is 13.9. The molecule has 0 aliphatic carbocycles. The quantitative estimate of drug-likeness (QED) is 0.403. The van der Waals surface area contributed by atoms with Gasteiger partial charge in [0.05, 0.1) is 17.6 Å². The molecule has 0 aromatic heterocycles. The fourth-order valence-corrected chi connectivity index (χ4v) is 1.61. The van der Waals surface area contributed by atoms with Gasteiger partial charge in [-0.3, -0.25) is 10.1 Å². The third-order valence-corrected chi connectivity index (χ3v) is 2.65. The van der Waals surface area contributed by atoms with Crippen molar-refractivity contribution in [1.29, 1.82) is 0 Å². The number of hydrogen-bond donors (Lipinski definition) is 1. The molecule has 22 heavy (non-hydrogen) atoms. The number of anilines is 1. The van der Waals surface area contributed by atoms with Gasteiger partial charge in [0.25, 0.3) is 5.69 Å². The average molecular weight is 309 g/mol. The summed E-state index contributed by atoms with van der Waals surface area (Å²) in [4.78, 5) is 12.4. The first-order valence-electron chi connectivity index (χ1n) is 5.62. The van der Waals surface area contributed by atoms with Crippen LogP contribution in [0.5, 0.6) is 11.5 Å². The first-order valence-corrected chi connectivity index (χ1v) is 5.62. The van der Waals surface area contributed by atoms with Crippen LogP contribution in [0, 0.1) is 34.1 Å². The Labute approximate surface area is 121 Å². The number of nitrogens with two attached hydrogens (primary N) is 1. The van der Waals surface area contributed by atoms with Gasteiger partial charge in [0.1, 0.15) is 11.6 Å². The Morgan fingerprint density at radius 1 is 1.23 bits per heavy atom. The summed E-state index contributed by atoms with van der Waals surface area (Å²) in [7, 11) is 0. The van der Waals surface area contributed by atoms with Crippen LogP contribution < -0.4 is 10.5 Å². The molecular weight excluding hydrogens is 303 g/mol. The van der Waals surface area contributed by atoms with E-state index in [2.05, 4.69) is 4.85 Å². The van der Waals surface area contributed by atoms with Gasteiger partial charge in [-0.2, -0.15) is 0 Å². The standard InChI is InChI=1S/C13H6F3N3O3/c1-18-9-4-6(2-3-7(9)14)22-13-8(15)5-10(19(20)21)12(17)11(13)16/h2-5H,17H2. The van der Waals surface area contributed by atoms with E-state index < -0.39 is 45.2 Å². The Morgan fingerprint density at radius 3 is 2.50 bits per heavy atom. The van der Waals surface area contributed by atoms with Gasteiger partial charge in [-0.15, -0.1) is 0 Å². The minimum atomic E-state index is -1.46. The van der Waals surface area contributed by atoms with E-state index >= 15 is 0 Å². The summed E-state index contributed by atoms with van der Waals surface area (Å²) < 4.78 is 45.7. The van der Waals surface area contributed by atoms with E-state index in [0.717, 1.165) is 18.2 Å². The maximum Gasteiger partial charge on any atom is 0.298 e. The number of halogens is 3. The number of nitrogen functional groups attached to an aromatic ring is 1. The Balaban J connectivity index is 2.49. The summed E-state index contributed by atoms with van der Waals surface area (Å²) in [6, 6.07) is 3.26. The number of benzene rings is 2. The molecule has 0 fully saturated rings. The molecule has 0 unspecified atom stereocenters. The van der Waals surface area contributed by atoms with Crippen molar-refractivity contribution in [3.05, 3.63) is 63.2 Å². The van der Waals surface area contributed by atoms with Crippen LogP contribution in [-0.4, -0.2) is 4.92 Å². The molecule has 0 heterocycles. The highest BCUT2D eigenvalue weighted by Crippen LogP contribution is 2.37. The topological polar surface area (TPSA) is 82.8 Å². The minimum absolute atomic E-state index is 0.224. The van der Waals surface area contributed by atoms with E-state index in [0.29, 0.717) is 6.07 Å². The monoisotopic (exact) mass is 309 g/mol. The van der Waals surface area contributed by atoms with Gasteiger partial charge in [0, 0.05) is 0 Å². The Bertz CT molecular complexity index is 818. The number of nitro groups is 1. The zero-order chi connectivity index (χ0) is 16.4. The Kier molecular flexibility index (Phi) is 3.85. The van der Waals surface area contributed by atoms with Crippen molar-refractivity contribution in [1.82, 2.24) is 0 Å². The summed E-state index contributed by atoms with van der Waals surface area (Å²) in [5.74, 6) is -4.84. The molecule has 0 saturated carbocycles. The highest BCUT2D eigenvalue weighted by Gasteiger charge is 2.25. The number of rotatable bonds is 3. The summed E-state index contributed by atoms with van der Waals surface area (Å²) in [6.07, 6.45) is 0. The van der Waals surface area contributed by atoms with Crippen molar-refractivity contribution >= 4 is 17.1 Å². The first-order chi connectivity index (χ1) is 10.3. The van der Waals surface area contributed by atoms with Gasteiger partial charge in [-0.25, -0.2) is 18.0 Å². The fraction of sp³-hybridized carbons (Fsp3) is 0. The Hall–Kier alpha value is -3.28. The molecule has 0 spiro atoms. The van der Waals surface area contributed by atoms with Crippen molar-refractivity contribution in [2.24, 2.45) is 0 Å². The molecule has 0 bridgehead atoms. The summed E-state index contributed by atoms with van der Waals surface area (Å²) in [5, 5.41) is 10.6. The lowest BCUT2D eigenvalue weighted by atomic mass is 10.2. The van der Waals surface area contributed by atoms with Crippen LogP contribution in [0.4, 0.5) is 30.2 Å². The first kappa shape index (κ1) is 15.1. The molecule has 0 amide bonds. The SMILES string of the molecule is [C-]#[N+]c1cc(Oc2c(F)cc([N+](=O)[O-])c(N)c2F)ccc1F. The maximum atomic E-state index is 13.9. The molecule has 0 radical (unpaired) electrons. The molecule has 0 aliphatic heterocycles. The lowest BCUT2D eigenvalue weighted by molar-refractivity contribution is -0.384. The molecule has 2 aromatic rings. The number of nitro benzene ring substituents is 1. The van der Waals surface area contributed by atoms with Gasteiger partial charge in [0.2, 0.25) is 11.4 Å². The molecular formula is C13H6F3N3O3. The van der Waals surface area contributed by atoms with E-state index in [9.17, 15) is 23.3 Å². The van der Waals surface area contributed by atoms with Crippen LogP contribution in [0.15, 0.2) is 24.3 Å². The van der Waals surface area contributed by atoms with Gasteiger partial charge >= 0.3 is 0 Å². The lowest BCUT2D eigenvalue weighted by Crippen LogP contribution is -2.03. The highest BCUT2D eigenvalue weighted by molar-refractivity contribution is 5.63. The van der Waals surface area contributed by atoms with Crippen LogP contribution in [0.2, 0.25) is 0 Å². The van der Waals surface area contributed by atoms with E-state index in [-0.39, 0.29) is 5.75 Å². The zero-order valence-corrected chi connectivity index (χ0v) is 10.6. The second-order valence-corrected chi connectivity index (χ2v) is 4.02. The smallest absolute Gasteiger partial charge is 0.298 e. The van der Waals surface area contributed by atoms with Crippen LogP contribution in [-0.2, 0) is 0 Å². The van der Waals surface area contributed by atoms with E-state index in [1.54, 1.807) is 0 Å². The summed E-state index contributed by atoms with van der Waals surface area (Å²) in [6.45, 7) is 6.74. The van der Waals surface area contributed by atoms with Crippen LogP contribution >= 0.6 is 0 Å². The molecule has 0 saturated heterocycles. The third-order valence-electron chi connectivity index (χ3n) is 2.65. The normalized spacial score (nSPS) is 10.1. The molecule has 0 aliphatic rings. The van der Waals surface area contributed by atoms with Gasteiger partial charge in [0.15, 0.2) is 17.3 Å². The largest absolute Gasteiger partial charge is 0.452 e. The van der Waals surface area contributed by atoms with Crippen molar-refractivity contribution in [2.45, 2.75) is 0 Å². The average Bonchev–Trinajstić information content (AvgIpc) is 2.48. The minimum Gasteiger partial charge on any atom is -0.452 e. The van der Waals surface area contributed by atoms with Crippen LogP contribution in [0.25, 0.3) is 4.85 Å². The predicted molar refractivity (Wildman–Crippen MR) is 70.2 cm³/mol. The number of nitrogens with zero attached hydrogens (tertiary/aromatic N) is 2. The molecule has 2 aromatic carbocycles. The highest BCUT2D eigenvalue weighted by atomic mass is 19.1. The van der Waals surface area contributed by atoms with E-state index in [4.69, 9.17) is 17.0 Å². The zero-order valence-electron chi connectivity index (χ0n) is 10.6. The predicted octanol–water partition coefficient (Wildman–Crippen LogP) is 3.94. The van der Waals surface area contributed by atoms with Crippen molar-refractivity contribution in [2.75, 3.05) is 5.73 Å². The van der Waals surface area contributed by atoms with Gasteiger partial charge < -0.3 is 10.5 Å². The Morgan fingerprint density at radius 2 is 1.91 bits per heavy atom. The summed E-state index contributed by atoms with van der Waals surface area (Å²) in [5.41, 5.74) is 2.97. The van der Waals surface area contributed by atoms with E-state index in [1.807, 2.05) is 0 Å². The number of hydrogen-bond acceptors (Lipinski definition) is 4. The van der Waals surface area contributed by atoms with Crippen molar-refractivity contribution in [3.63, 3.8) is 0 Å². The van der Waals surface area contributed by atoms with Crippen molar-refractivity contribution < 1.29 is 22.8 Å².